The molecule has 0 aliphatic carbocycles. The second kappa shape index (κ2) is 7.51. The van der Waals surface area contributed by atoms with Crippen molar-refractivity contribution in [1.29, 1.82) is 0 Å². The summed E-state index contributed by atoms with van der Waals surface area (Å²) >= 11 is 0. The fourth-order valence-electron chi connectivity index (χ4n) is 3.37. The molecule has 1 aromatic heterocycles. The van der Waals surface area contributed by atoms with E-state index in [2.05, 4.69) is 21.4 Å². The Morgan fingerprint density at radius 2 is 1.96 bits per heavy atom. The Kier molecular flexibility index (Phi) is 4.76. The van der Waals surface area contributed by atoms with Crippen LogP contribution in [0, 0.1) is 10.1 Å². The van der Waals surface area contributed by atoms with E-state index in [0.717, 1.165) is 12.0 Å². The van der Waals surface area contributed by atoms with Crippen LogP contribution in [-0.4, -0.2) is 28.5 Å². The summed E-state index contributed by atoms with van der Waals surface area (Å²) in [6.07, 6.45) is 2.17. The number of rotatable bonds is 5. The molecule has 0 spiro atoms. The molecular formula is C20H19N5O3. The van der Waals surface area contributed by atoms with Crippen LogP contribution in [0.15, 0.2) is 54.9 Å². The summed E-state index contributed by atoms with van der Waals surface area (Å²) in [6, 6.07) is 15.3. The Labute approximate surface area is 162 Å². The van der Waals surface area contributed by atoms with E-state index in [1.165, 1.54) is 11.9 Å². The number of benzene rings is 2. The van der Waals surface area contributed by atoms with E-state index in [1.807, 2.05) is 23.1 Å². The molecule has 0 bridgehead atoms. The number of fused-ring (bicyclic) bond motifs is 1. The topological polar surface area (TPSA) is 93.4 Å². The van der Waals surface area contributed by atoms with Crippen molar-refractivity contribution in [2.24, 2.45) is 0 Å². The number of aromatic nitrogens is 2. The van der Waals surface area contributed by atoms with E-state index in [4.69, 9.17) is 4.74 Å². The van der Waals surface area contributed by atoms with Crippen LogP contribution in [-0.2, 0) is 13.0 Å². The van der Waals surface area contributed by atoms with Gasteiger partial charge in [0.2, 0.25) is 11.6 Å². The number of methoxy groups -OCH3 is 1. The molecule has 1 aliphatic rings. The molecule has 4 rings (SSSR count). The van der Waals surface area contributed by atoms with Gasteiger partial charge in [-0.15, -0.1) is 0 Å². The zero-order valence-corrected chi connectivity index (χ0v) is 15.3. The minimum atomic E-state index is -0.432. The van der Waals surface area contributed by atoms with Crippen molar-refractivity contribution >= 4 is 23.0 Å². The van der Waals surface area contributed by atoms with Gasteiger partial charge in [-0.25, -0.2) is 9.97 Å². The lowest BCUT2D eigenvalue weighted by atomic mass is 10.00. The highest BCUT2D eigenvalue weighted by atomic mass is 16.6. The first kappa shape index (κ1) is 17.7. The van der Waals surface area contributed by atoms with Crippen LogP contribution in [0.3, 0.4) is 0 Å². The number of hydrogen-bond donors (Lipinski definition) is 1. The highest BCUT2D eigenvalue weighted by molar-refractivity contribution is 5.75. The van der Waals surface area contributed by atoms with E-state index in [1.54, 1.807) is 31.4 Å². The summed E-state index contributed by atoms with van der Waals surface area (Å²) in [6.45, 7) is 1.24. The molecule has 0 saturated heterocycles. The number of nitro groups is 1. The number of ether oxygens (including phenoxy) is 1. The SMILES string of the molecule is COc1cccc(Nc2ncnc(N3CCc4ccccc4C3)c2[N+](=O)[O-])c1. The Balaban J connectivity index is 1.69. The van der Waals surface area contributed by atoms with Gasteiger partial charge >= 0.3 is 5.69 Å². The molecular weight excluding hydrogens is 358 g/mol. The van der Waals surface area contributed by atoms with Gasteiger partial charge in [0.25, 0.3) is 0 Å². The van der Waals surface area contributed by atoms with E-state index in [-0.39, 0.29) is 11.5 Å². The van der Waals surface area contributed by atoms with Gasteiger partial charge in [0.15, 0.2) is 0 Å². The van der Waals surface area contributed by atoms with E-state index < -0.39 is 4.92 Å². The maximum atomic E-state index is 11.9. The van der Waals surface area contributed by atoms with Gasteiger partial charge in [0, 0.05) is 24.8 Å². The van der Waals surface area contributed by atoms with Crippen LogP contribution in [0.25, 0.3) is 0 Å². The third kappa shape index (κ3) is 3.44. The first-order chi connectivity index (χ1) is 13.7. The zero-order valence-electron chi connectivity index (χ0n) is 15.3. The minimum Gasteiger partial charge on any atom is -0.497 e. The Hall–Kier alpha value is -3.68. The van der Waals surface area contributed by atoms with Crippen molar-refractivity contribution < 1.29 is 9.66 Å². The maximum absolute atomic E-state index is 11.9. The van der Waals surface area contributed by atoms with Crippen LogP contribution < -0.4 is 15.0 Å². The average Bonchev–Trinajstić information content (AvgIpc) is 2.73. The van der Waals surface area contributed by atoms with Crippen LogP contribution in [0.1, 0.15) is 11.1 Å². The van der Waals surface area contributed by atoms with Crippen molar-refractivity contribution in [1.82, 2.24) is 9.97 Å². The number of anilines is 3. The Bertz CT molecular complexity index is 1020. The molecule has 8 nitrogen and oxygen atoms in total. The number of nitrogens with one attached hydrogen (secondary N) is 1. The molecule has 1 N–H and O–H groups in total. The molecule has 2 heterocycles. The molecule has 0 saturated carbocycles. The third-order valence-corrected chi connectivity index (χ3v) is 4.75. The molecule has 0 fully saturated rings. The van der Waals surface area contributed by atoms with Gasteiger partial charge in [0.1, 0.15) is 12.1 Å². The molecule has 0 atom stereocenters. The fraction of sp³-hybridized carbons (Fsp3) is 0.200. The van der Waals surface area contributed by atoms with Crippen LogP contribution >= 0.6 is 0 Å². The largest absolute Gasteiger partial charge is 0.497 e. The first-order valence-corrected chi connectivity index (χ1v) is 8.88. The lowest BCUT2D eigenvalue weighted by Crippen LogP contribution is -2.31. The smallest absolute Gasteiger partial charge is 0.353 e. The summed E-state index contributed by atoms with van der Waals surface area (Å²) in [7, 11) is 1.57. The lowest BCUT2D eigenvalue weighted by molar-refractivity contribution is -0.383. The second-order valence-electron chi connectivity index (χ2n) is 6.45. The van der Waals surface area contributed by atoms with Gasteiger partial charge in [-0.05, 0) is 29.7 Å². The van der Waals surface area contributed by atoms with Crippen molar-refractivity contribution in [3.63, 3.8) is 0 Å². The molecule has 1 aliphatic heterocycles. The fourth-order valence-corrected chi connectivity index (χ4v) is 3.37. The van der Waals surface area contributed by atoms with Gasteiger partial charge in [-0.3, -0.25) is 10.1 Å². The highest BCUT2D eigenvalue weighted by Gasteiger charge is 2.29. The molecule has 28 heavy (non-hydrogen) atoms. The molecule has 0 radical (unpaired) electrons. The van der Waals surface area contributed by atoms with Gasteiger partial charge < -0.3 is 15.0 Å². The van der Waals surface area contributed by atoms with Crippen LogP contribution in [0.5, 0.6) is 5.75 Å². The van der Waals surface area contributed by atoms with Crippen molar-refractivity contribution in [3.05, 3.63) is 76.1 Å². The summed E-state index contributed by atoms with van der Waals surface area (Å²) in [5.41, 5.74) is 2.94. The highest BCUT2D eigenvalue weighted by Crippen LogP contribution is 2.36. The van der Waals surface area contributed by atoms with Crippen molar-refractivity contribution in [2.45, 2.75) is 13.0 Å². The third-order valence-electron chi connectivity index (χ3n) is 4.75. The van der Waals surface area contributed by atoms with E-state index >= 15 is 0 Å². The molecule has 0 unspecified atom stereocenters. The monoisotopic (exact) mass is 377 g/mol. The number of nitrogens with zero attached hydrogens (tertiary/aromatic N) is 4. The predicted octanol–water partition coefficient (Wildman–Crippen LogP) is 3.70. The second-order valence-corrected chi connectivity index (χ2v) is 6.45. The zero-order chi connectivity index (χ0) is 19.5. The molecule has 0 amide bonds. The molecule has 142 valence electrons. The van der Waals surface area contributed by atoms with Gasteiger partial charge in [0.05, 0.1) is 12.0 Å². The maximum Gasteiger partial charge on any atom is 0.353 e. The molecule has 8 heteroatoms. The standard InChI is InChI=1S/C20H19N5O3/c1-28-17-8-4-7-16(11-17)23-19-18(25(26)27)20(22-13-21-19)24-10-9-14-5-2-3-6-15(14)12-24/h2-8,11,13H,9-10,12H2,1H3,(H,21,22,23). The predicted molar refractivity (Wildman–Crippen MR) is 106 cm³/mol. The van der Waals surface area contributed by atoms with Crippen molar-refractivity contribution in [3.8, 4) is 5.75 Å². The molecule has 2 aromatic carbocycles. The minimum absolute atomic E-state index is 0.135. The van der Waals surface area contributed by atoms with E-state index in [9.17, 15) is 10.1 Å². The normalized spacial score (nSPS) is 13.0. The lowest BCUT2D eigenvalue weighted by Gasteiger charge is -2.29. The van der Waals surface area contributed by atoms with E-state index in [0.29, 0.717) is 30.3 Å². The Morgan fingerprint density at radius 3 is 2.75 bits per heavy atom. The average molecular weight is 377 g/mol. The first-order valence-electron chi connectivity index (χ1n) is 8.88. The van der Waals surface area contributed by atoms with Crippen LogP contribution in [0.4, 0.5) is 23.0 Å². The van der Waals surface area contributed by atoms with Gasteiger partial charge in [-0.2, -0.15) is 0 Å². The summed E-state index contributed by atoms with van der Waals surface area (Å²) in [5.74, 6) is 1.12. The molecule has 3 aromatic rings. The van der Waals surface area contributed by atoms with Crippen LogP contribution in [0.2, 0.25) is 0 Å². The number of hydrogen-bond acceptors (Lipinski definition) is 7. The van der Waals surface area contributed by atoms with Gasteiger partial charge in [-0.1, -0.05) is 30.3 Å². The summed E-state index contributed by atoms with van der Waals surface area (Å²) in [4.78, 5) is 21.7. The van der Waals surface area contributed by atoms with Crippen molar-refractivity contribution in [2.75, 3.05) is 23.9 Å². The quantitative estimate of drug-likeness (QED) is 0.535. The summed E-state index contributed by atoms with van der Waals surface area (Å²) < 4.78 is 5.21. The summed E-state index contributed by atoms with van der Waals surface area (Å²) in [5, 5.41) is 14.9. The Morgan fingerprint density at radius 1 is 1.14 bits per heavy atom.